The second-order valence-corrected chi connectivity index (χ2v) is 8.05. The summed E-state index contributed by atoms with van der Waals surface area (Å²) >= 11 is 2.35. The van der Waals surface area contributed by atoms with E-state index in [0.29, 0.717) is 0 Å². The fraction of sp³-hybridized carbons (Fsp3) is 0.250. The molecule has 0 saturated carbocycles. The van der Waals surface area contributed by atoms with Crippen molar-refractivity contribution in [2.24, 2.45) is 0 Å². The van der Waals surface area contributed by atoms with Crippen LogP contribution in [0.25, 0.3) is 0 Å². The SMILES string of the molecule is Cc1ccccc1C[IH]c1cccc(CI)c1C. The maximum atomic E-state index is 2.46. The van der Waals surface area contributed by atoms with Crippen LogP contribution < -0.4 is 0 Å². The monoisotopic (exact) mass is 464 g/mol. The first-order valence-electron chi connectivity index (χ1n) is 6.04. The maximum absolute atomic E-state index is 2.46. The van der Waals surface area contributed by atoms with Crippen molar-refractivity contribution in [2.45, 2.75) is 22.7 Å². The number of hydrogen-bond donors (Lipinski definition) is 0. The van der Waals surface area contributed by atoms with Crippen LogP contribution in [-0.2, 0) is 8.86 Å². The van der Waals surface area contributed by atoms with Gasteiger partial charge in [-0.15, -0.1) is 0 Å². The molecule has 0 amide bonds. The Bertz CT molecular complexity index is 532. The third-order valence-corrected chi connectivity index (χ3v) is 7.46. The Balaban J connectivity index is 2.14. The predicted molar refractivity (Wildman–Crippen MR) is 97.9 cm³/mol. The summed E-state index contributed by atoms with van der Waals surface area (Å²) in [5.74, 6) is 0. The molecule has 18 heavy (non-hydrogen) atoms. The Morgan fingerprint density at radius 1 is 0.944 bits per heavy atom. The van der Waals surface area contributed by atoms with Crippen LogP contribution in [0.2, 0.25) is 0 Å². The fourth-order valence-corrected chi connectivity index (χ4v) is 6.02. The van der Waals surface area contributed by atoms with E-state index >= 15 is 0 Å². The summed E-state index contributed by atoms with van der Waals surface area (Å²) in [6.07, 6.45) is 0. The van der Waals surface area contributed by atoms with Gasteiger partial charge in [-0.05, 0) is 0 Å². The summed E-state index contributed by atoms with van der Waals surface area (Å²) in [6.45, 7) is 4.50. The quantitative estimate of drug-likeness (QED) is 0.425. The molecule has 0 aliphatic heterocycles. The van der Waals surface area contributed by atoms with Crippen molar-refractivity contribution in [3.8, 4) is 0 Å². The van der Waals surface area contributed by atoms with Crippen molar-refractivity contribution >= 4 is 43.8 Å². The van der Waals surface area contributed by atoms with Crippen molar-refractivity contribution in [2.75, 3.05) is 0 Å². The molecule has 0 atom stereocenters. The Morgan fingerprint density at radius 2 is 1.67 bits per heavy atom. The Morgan fingerprint density at radius 3 is 2.39 bits per heavy atom. The standard InChI is InChI=1S/C16H18I2/c1-12-6-3-4-7-15(12)11-18-16-9-5-8-14(10-17)13(16)2/h3-9,18H,10-11H2,1-2H3. The van der Waals surface area contributed by atoms with Gasteiger partial charge in [0.2, 0.25) is 0 Å². The van der Waals surface area contributed by atoms with Gasteiger partial charge in [0.15, 0.2) is 0 Å². The van der Waals surface area contributed by atoms with Crippen molar-refractivity contribution in [3.05, 3.63) is 68.3 Å². The molecule has 2 heteroatoms. The van der Waals surface area contributed by atoms with E-state index in [2.05, 4.69) is 78.9 Å². The summed E-state index contributed by atoms with van der Waals surface area (Å²) in [5.41, 5.74) is 6.00. The van der Waals surface area contributed by atoms with E-state index in [1.807, 2.05) is 0 Å². The fourth-order valence-electron chi connectivity index (χ4n) is 1.89. The molecule has 0 nitrogen and oxygen atoms in total. The number of benzene rings is 2. The van der Waals surface area contributed by atoms with Gasteiger partial charge in [0.05, 0.1) is 0 Å². The van der Waals surface area contributed by atoms with E-state index in [1.165, 1.54) is 26.7 Å². The molecule has 0 spiro atoms. The zero-order valence-corrected chi connectivity index (χ0v) is 15.2. The molecule has 96 valence electrons. The molecule has 0 N–H and O–H groups in total. The van der Waals surface area contributed by atoms with Gasteiger partial charge in [-0.3, -0.25) is 0 Å². The average Bonchev–Trinajstić information content (AvgIpc) is 2.39. The molecule has 0 aliphatic carbocycles. The van der Waals surface area contributed by atoms with Gasteiger partial charge in [-0.2, -0.15) is 0 Å². The first-order chi connectivity index (χ1) is 8.72. The van der Waals surface area contributed by atoms with Crippen LogP contribution in [0.3, 0.4) is 0 Å². The molecule has 0 aliphatic rings. The Kier molecular flexibility index (Phi) is 5.48. The molecule has 0 heterocycles. The van der Waals surface area contributed by atoms with Crippen LogP contribution >= 0.6 is 43.8 Å². The van der Waals surface area contributed by atoms with Crippen LogP contribution in [0, 0.1) is 17.4 Å². The van der Waals surface area contributed by atoms with E-state index in [4.69, 9.17) is 0 Å². The predicted octanol–water partition coefficient (Wildman–Crippen LogP) is 5.31. The topological polar surface area (TPSA) is 0 Å². The summed E-state index contributed by atoms with van der Waals surface area (Å²) in [4.78, 5) is 0. The number of rotatable bonds is 4. The summed E-state index contributed by atoms with van der Waals surface area (Å²) < 4.78 is 4.01. The number of aryl methyl sites for hydroxylation is 1. The van der Waals surface area contributed by atoms with Gasteiger partial charge >= 0.3 is 135 Å². The van der Waals surface area contributed by atoms with E-state index in [-0.39, 0.29) is 21.2 Å². The molecule has 0 radical (unpaired) electrons. The zero-order chi connectivity index (χ0) is 13.0. The van der Waals surface area contributed by atoms with Crippen LogP contribution in [-0.4, -0.2) is 0 Å². The third kappa shape index (κ3) is 3.47. The van der Waals surface area contributed by atoms with Crippen molar-refractivity contribution in [1.82, 2.24) is 0 Å². The normalized spacial score (nSPS) is 10.8. The van der Waals surface area contributed by atoms with Gasteiger partial charge in [0.25, 0.3) is 0 Å². The Hall–Kier alpha value is -0.100. The first kappa shape index (κ1) is 14.3. The molecule has 0 unspecified atom stereocenters. The van der Waals surface area contributed by atoms with Gasteiger partial charge < -0.3 is 0 Å². The van der Waals surface area contributed by atoms with Crippen molar-refractivity contribution < 1.29 is 0 Å². The van der Waals surface area contributed by atoms with Gasteiger partial charge in [0.1, 0.15) is 0 Å². The van der Waals surface area contributed by atoms with Crippen LogP contribution in [0.4, 0.5) is 0 Å². The molecule has 0 fully saturated rings. The van der Waals surface area contributed by atoms with Crippen molar-refractivity contribution in [3.63, 3.8) is 0 Å². The van der Waals surface area contributed by atoms with Gasteiger partial charge in [-0.1, -0.05) is 0 Å². The summed E-state index contributed by atoms with van der Waals surface area (Å²) in [7, 11) is 0. The van der Waals surface area contributed by atoms with E-state index in [0.717, 1.165) is 4.43 Å². The minimum atomic E-state index is -0.109. The molecule has 2 rings (SSSR count). The molecule has 2 aromatic carbocycles. The van der Waals surface area contributed by atoms with Gasteiger partial charge in [0, 0.05) is 0 Å². The van der Waals surface area contributed by atoms with Crippen LogP contribution in [0.1, 0.15) is 22.3 Å². The minimum absolute atomic E-state index is 0.109. The van der Waals surface area contributed by atoms with E-state index < -0.39 is 0 Å². The second-order valence-electron chi connectivity index (χ2n) is 4.39. The number of hydrogen-bond acceptors (Lipinski definition) is 0. The molecular weight excluding hydrogens is 446 g/mol. The molecule has 2 aromatic rings. The Labute approximate surface area is 134 Å². The molecule has 0 aromatic heterocycles. The number of halogens is 2. The zero-order valence-electron chi connectivity index (χ0n) is 10.7. The molecular formula is C16H18I2. The second kappa shape index (κ2) is 6.89. The van der Waals surface area contributed by atoms with E-state index in [1.54, 1.807) is 3.57 Å². The average molecular weight is 464 g/mol. The van der Waals surface area contributed by atoms with Crippen molar-refractivity contribution in [1.29, 1.82) is 0 Å². The third-order valence-electron chi connectivity index (χ3n) is 3.18. The molecule has 0 bridgehead atoms. The van der Waals surface area contributed by atoms with E-state index in [9.17, 15) is 0 Å². The summed E-state index contributed by atoms with van der Waals surface area (Å²) in [6, 6.07) is 15.6. The summed E-state index contributed by atoms with van der Waals surface area (Å²) in [5, 5.41) is 0. The van der Waals surface area contributed by atoms with Crippen LogP contribution in [0.15, 0.2) is 42.5 Å². The number of alkyl halides is 2. The first-order valence-corrected chi connectivity index (χ1v) is 10.4. The van der Waals surface area contributed by atoms with Crippen LogP contribution in [0.5, 0.6) is 0 Å². The molecule has 0 saturated heterocycles. The van der Waals surface area contributed by atoms with Gasteiger partial charge in [-0.25, -0.2) is 0 Å².